The van der Waals surface area contributed by atoms with Crippen molar-refractivity contribution in [2.24, 2.45) is 5.10 Å². The van der Waals surface area contributed by atoms with Gasteiger partial charge in [0.1, 0.15) is 0 Å². The lowest BCUT2D eigenvalue weighted by Crippen LogP contribution is -2.25. The Balaban J connectivity index is 1.86. The van der Waals surface area contributed by atoms with Crippen LogP contribution in [-0.4, -0.2) is 25.3 Å². The zero-order valence-electron chi connectivity index (χ0n) is 11.8. The molecule has 110 valence electrons. The van der Waals surface area contributed by atoms with Crippen LogP contribution in [0.5, 0.6) is 11.5 Å². The van der Waals surface area contributed by atoms with Crippen LogP contribution < -0.4 is 14.9 Å². The Bertz CT molecular complexity index is 624. The number of thiophene rings is 1. The quantitative estimate of drug-likeness (QED) is 0.659. The number of carbonyl (C=O) groups excluding carboxylic acids is 1. The van der Waals surface area contributed by atoms with Gasteiger partial charge in [0, 0.05) is 4.88 Å². The Kier molecular flexibility index (Phi) is 5.34. The largest absolute Gasteiger partial charge is 0.493 e. The Labute approximate surface area is 127 Å². The standard InChI is InChI=1S/C15H16N2O3S/c1-11(14-8-5-9-21-14)16-17-15(18)10-20-13-7-4-3-6-12(13)19-2/h3-9H,10H2,1-2H3,(H,17,18)/b16-11-. The van der Waals surface area contributed by atoms with E-state index in [1.165, 1.54) is 0 Å². The summed E-state index contributed by atoms with van der Waals surface area (Å²) >= 11 is 1.57. The Hall–Kier alpha value is -2.34. The van der Waals surface area contributed by atoms with Crippen LogP contribution >= 0.6 is 11.3 Å². The molecule has 0 fully saturated rings. The van der Waals surface area contributed by atoms with Gasteiger partial charge in [-0.15, -0.1) is 11.3 Å². The van der Waals surface area contributed by atoms with Gasteiger partial charge in [-0.1, -0.05) is 18.2 Å². The number of hydrazone groups is 1. The van der Waals surface area contributed by atoms with Crippen molar-refractivity contribution in [2.45, 2.75) is 6.92 Å². The van der Waals surface area contributed by atoms with Crippen LogP contribution in [0.4, 0.5) is 0 Å². The third kappa shape index (κ3) is 4.32. The molecule has 1 aromatic carbocycles. The van der Waals surface area contributed by atoms with Gasteiger partial charge < -0.3 is 9.47 Å². The fourth-order valence-electron chi connectivity index (χ4n) is 1.60. The molecule has 0 aliphatic carbocycles. The van der Waals surface area contributed by atoms with Crippen LogP contribution in [0.2, 0.25) is 0 Å². The lowest BCUT2D eigenvalue weighted by molar-refractivity contribution is -0.123. The Morgan fingerprint density at radius 3 is 2.67 bits per heavy atom. The smallest absolute Gasteiger partial charge is 0.277 e. The van der Waals surface area contributed by atoms with E-state index in [1.54, 1.807) is 30.6 Å². The van der Waals surface area contributed by atoms with Gasteiger partial charge in [0.15, 0.2) is 18.1 Å². The average molecular weight is 304 g/mol. The number of para-hydroxylation sites is 2. The first-order chi connectivity index (χ1) is 10.2. The first-order valence-corrected chi connectivity index (χ1v) is 7.21. The van der Waals surface area contributed by atoms with Crippen LogP contribution in [0, 0.1) is 0 Å². The molecule has 21 heavy (non-hydrogen) atoms. The third-order valence-corrected chi connectivity index (χ3v) is 3.63. The predicted octanol–water partition coefficient (Wildman–Crippen LogP) is 2.68. The van der Waals surface area contributed by atoms with Gasteiger partial charge in [-0.25, -0.2) is 5.43 Å². The molecule has 1 amide bonds. The lowest BCUT2D eigenvalue weighted by atomic mass is 10.3. The van der Waals surface area contributed by atoms with E-state index >= 15 is 0 Å². The molecule has 2 aromatic rings. The fraction of sp³-hybridized carbons (Fsp3) is 0.200. The molecule has 2 rings (SSSR count). The van der Waals surface area contributed by atoms with E-state index in [0.29, 0.717) is 11.5 Å². The average Bonchev–Trinajstić information content (AvgIpc) is 3.05. The molecule has 0 bridgehead atoms. The maximum Gasteiger partial charge on any atom is 0.277 e. The summed E-state index contributed by atoms with van der Waals surface area (Å²) in [7, 11) is 1.55. The predicted molar refractivity (Wildman–Crippen MR) is 83.2 cm³/mol. The number of nitrogens with zero attached hydrogens (tertiary/aromatic N) is 1. The molecular weight excluding hydrogens is 288 g/mol. The van der Waals surface area contributed by atoms with Gasteiger partial charge >= 0.3 is 0 Å². The first kappa shape index (κ1) is 15.1. The van der Waals surface area contributed by atoms with E-state index < -0.39 is 0 Å². The number of benzene rings is 1. The van der Waals surface area contributed by atoms with E-state index in [4.69, 9.17) is 9.47 Å². The van der Waals surface area contributed by atoms with Gasteiger partial charge in [-0.05, 0) is 30.5 Å². The second kappa shape index (κ2) is 7.44. The van der Waals surface area contributed by atoms with E-state index in [1.807, 2.05) is 36.6 Å². The molecule has 5 nitrogen and oxygen atoms in total. The van der Waals surface area contributed by atoms with Crippen molar-refractivity contribution < 1.29 is 14.3 Å². The molecule has 0 aliphatic heterocycles. The number of methoxy groups -OCH3 is 1. The van der Waals surface area contributed by atoms with Crippen LogP contribution in [0.25, 0.3) is 0 Å². The van der Waals surface area contributed by atoms with Crippen LogP contribution in [0.3, 0.4) is 0 Å². The summed E-state index contributed by atoms with van der Waals surface area (Å²) in [5.74, 6) is 0.787. The highest BCUT2D eigenvalue weighted by molar-refractivity contribution is 7.12. The van der Waals surface area contributed by atoms with Gasteiger partial charge in [-0.3, -0.25) is 4.79 Å². The molecule has 0 spiro atoms. The number of hydrogen-bond acceptors (Lipinski definition) is 5. The van der Waals surface area contributed by atoms with Crippen molar-refractivity contribution in [1.82, 2.24) is 5.43 Å². The fourth-order valence-corrected chi connectivity index (χ4v) is 2.28. The summed E-state index contributed by atoms with van der Waals surface area (Å²) in [6, 6.07) is 11.0. The highest BCUT2D eigenvalue weighted by Crippen LogP contribution is 2.25. The minimum Gasteiger partial charge on any atom is -0.493 e. The minimum absolute atomic E-state index is 0.123. The van der Waals surface area contributed by atoms with Crippen molar-refractivity contribution in [2.75, 3.05) is 13.7 Å². The summed E-state index contributed by atoms with van der Waals surface area (Å²) in [6.07, 6.45) is 0. The summed E-state index contributed by atoms with van der Waals surface area (Å²) in [5, 5.41) is 6.00. The highest BCUT2D eigenvalue weighted by atomic mass is 32.1. The number of nitrogens with one attached hydrogen (secondary N) is 1. The number of hydrogen-bond donors (Lipinski definition) is 1. The first-order valence-electron chi connectivity index (χ1n) is 6.33. The van der Waals surface area contributed by atoms with Crippen LogP contribution in [0.15, 0.2) is 46.9 Å². The van der Waals surface area contributed by atoms with Crippen LogP contribution in [0.1, 0.15) is 11.8 Å². The summed E-state index contributed by atoms with van der Waals surface area (Å²) in [6.45, 7) is 1.72. The minimum atomic E-state index is -0.322. The highest BCUT2D eigenvalue weighted by Gasteiger charge is 2.06. The molecule has 0 unspecified atom stereocenters. The molecule has 0 saturated carbocycles. The van der Waals surface area contributed by atoms with Crippen molar-refractivity contribution in [3.05, 3.63) is 46.7 Å². The zero-order valence-corrected chi connectivity index (χ0v) is 12.6. The van der Waals surface area contributed by atoms with Gasteiger partial charge in [0.25, 0.3) is 5.91 Å². The van der Waals surface area contributed by atoms with E-state index in [-0.39, 0.29) is 12.5 Å². The number of amides is 1. The van der Waals surface area contributed by atoms with Crippen molar-refractivity contribution in [3.8, 4) is 11.5 Å². The molecule has 0 radical (unpaired) electrons. The third-order valence-electron chi connectivity index (χ3n) is 2.65. The molecule has 0 saturated heterocycles. The van der Waals surface area contributed by atoms with Gasteiger partial charge in [0.05, 0.1) is 12.8 Å². The lowest BCUT2D eigenvalue weighted by Gasteiger charge is -2.09. The van der Waals surface area contributed by atoms with E-state index in [9.17, 15) is 4.79 Å². The summed E-state index contributed by atoms with van der Waals surface area (Å²) < 4.78 is 10.6. The van der Waals surface area contributed by atoms with Crippen molar-refractivity contribution >= 4 is 23.0 Å². The van der Waals surface area contributed by atoms with Crippen LogP contribution in [-0.2, 0) is 4.79 Å². The maximum absolute atomic E-state index is 11.7. The van der Waals surface area contributed by atoms with Crippen molar-refractivity contribution in [1.29, 1.82) is 0 Å². The molecule has 1 N–H and O–H groups in total. The monoisotopic (exact) mass is 304 g/mol. The molecule has 1 heterocycles. The zero-order chi connectivity index (χ0) is 15.1. The maximum atomic E-state index is 11.7. The Morgan fingerprint density at radius 1 is 1.24 bits per heavy atom. The second-order valence-electron chi connectivity index (χ2n) is 4.15. The molecule has 1 aromatic heterocycles. The molecule has 6 heteroatoms. The van der Waals surface area contributed by atoms with Crippen molar-refractivity contribution in [3.63, 3.8) is 0 Å². The Morgan fingerprint density at radius 2 is 2.00 bits per heavy atom. The second-order valence-corrected chi connectivity index (χ2v) is 5.10. The topological polar surface area (TPSA) is 59.9 Å². The van der Waals surface area contributed by atoms with Gasteiger partial charge in [-0.2, -0.15) is 5.10 Å². The number of rotatable bonds is 6. The van der Waals surface area contributed by atoms with E-state index in [0.717, 1.165) is 10.6 Å². The van der Waals surface area contributed by atoms with Gasteiger partial charge in [0.2, 0.25) is 0 Å². The molecular formula is C15H16N2O3S. The SMILES string of the molecule is COc1ccccc1OCC(=O)N/N=C(/C)c1cccs1. The summed E-state index contributed by atoms with van der Waals surface area (Å²) in [4.78, 5) is 12.7. The number of ether oxygens (including phenoxy) is 2. The van der Waals surface area contributed by atoms with E-state index in [2.05, 4.69) is 10.5 Å². The number of carbonyl (C=O) groups is 1. The summed E-state index contributed by atoms with van der Waals surface area (Å²) in [5.41, 5.74) is 3.23. The molecule has 0 atom stereocenters. The normalized spacial score (nSPS) is 11.0. The molecule has 0 aliphatic rings.